The minimum atomic E-state index is 0. The minimum Gasteiger partial charge on any atom is -0.344 e. The summed E-state index contributed by atoms with van der Waals surface area (Å²) >= 11 is 0. The van der Waals surface area contributed by atoms with Crippen LogP contribution in [0, 0.1) is 4.91 Å². The van der Waals surface area contributed by atoms with Gasteiger partial charge in [0.25, 0.3) is 0 Å². The maximum absolute atomic E-state index is 11.6. The fourth-order valence-corrected chi connectivity index (χ4v) is 5.62. The van der Waals surface area contributed by atoms with Crippen molar-refractivity contribution in [3.05, 3.63) is 4.91 Å². The van der Waals surface area contributed by atoms with Gasteiger partial charge in [0.1, 0.15) is 4.91 Å². The maximum atomic E-state index is 11.6. The zero-order valence-corrected chi connectivity index (χ0v) is 28.4. The predicted octanol–water partition coefficient (Wildman–Crippen LogP) is 13.3. The lowest BCUT2D eigenvalue weighted by Crippen LogP contribution is -2.12. The van der Waals surface area contributed by atoms with Gasteiger partial charge in [-0.15, -0.1) is 0 Å². The minimum absolute atomic E-state index is 0. The first-order valence-corrected chi connectivity index (χ1v) is 18.5. The van der Waals surface area contributed by atoms with Crippen molar-refractivity contribution in [2.24, 2.45) is 0 Å². The van der Waals surface area contributed by atoms with E-state index < -0.39 is 0 Å². The Hall–Kier alpha value is -0.840. The molecule has 0 rings (SSSR count). The number of hydrogen-bond acceptors (Lipinski definition) is 4. The topological polar surface area (TPSA) is 73.5 Å². The van der Waals surface area contributed by atoms with E-state index in [1.165, 1.54) is 180 Å². The highest BCUT2D eigenvalue weighted by Crippen LogP contribution is 2.15. The van der Waals surface area contributed by atoms with Gasteiger partial charge in [0.2, 0.25) is 0 Å². The van der Waals surface area contributed by atoms with Gasteiger partial charge in [-0.25, -0.2) is 0 Å². The van der Waals surface area contributed by atoms with Gasteiger partial charge >= 0.3 is 5.09 Å². The van der Waals surface area contributed by atoms with E-state index in [-0.39, 0.29) is 6.15 Å². The number of nitrogens with zero attached hydrogens (tertiary/aromatic N) is 1. The average Bonchev–Trinajstić information content (AvgIpc) is 2.96. The summed E-state index contributed by atoms with van der Waals surface area (Å²) in [6, 6.07) is 0. The molecule has 0 bridgehead atoms. The molecule has 0 aliphatic carbocycles. The molecule has 5 heteroatoms. The first-order chi connectivity index (χ1) is 19.8. The van der Waals surface area contributed by atoms with Crippen LogP contribution in [0.1, 0.15) is 219 Å². The largest absolute Gasteiger partial charge is 0.477 e. The van der Waals surface area contributed by atoms with E-state index in [4.69, 9.17) is 9.68 Å². The summed E-state index contributed by atoms with van der Waals surface area (Å²) in [4.78, 5) is 21.9. The van der Waals surface area contributed by atoms with Crippen LogP contribution in [0.15, 0.2) is 0 Å². The molecule has 0 fully saturated rings. The standard InChI is InChI=1S/C36H74NO3.H3N/c1-3-5-7-9-11-13-15-17-19-21-23-25-27-29-31-33-35-39-37(38)40-36-34-32-30-28-26-24-22-20-18-16-14-12-10-8-6-4-2;/h3-36H2,1-2H3;1H3/q+1;. The molecule has 0 aromatic heterocycles. The molecule has 0 aliphatic heterocycles. The molecule has 0 aromatic carbocycles. The zero-order valence-electron chi connectivity index (χ0n) is 28.4. The second kappa shape index (κ2) is 39.2. The summed E-state index contributed by atoms with van der Waals surface area (Å²) < 4.78 is 0. The van der Waals surface area contributed by atoms with Gasteiger partial charge in [-0.1, -0.05) is 194 Å². The molecule has 0 radical (unpaired) electrons. The molecule has 0 aromatic rings. The zero-order chi connectivity index (χ0) is 29.0. The van der Waals surface area contributed by atoms with E-state index in [0.717, 1.165) is 25.7 Å². The smallest absolute Gasteiger partial charge is 0.344 e. The van der Waals surface area contributed by atoms with E-state index in [2.05, 4.69) is 13.8 Å². The highest BCUT2D eigenvalue weighted by atomic mass is 17.0. The molecule has 0 atom stereocenters. The highest BCUT2D eigenvalue weighted by Gasteiger charge is 2.11. The van der Waals surface area contributed by atoms with Crippen molar-refractivity contribution in [3.63, 3.8) is 0 Å². The van der Waals surface area contributed by atoms with Crippen LogP contribution in [0.5, 0.6) is 0 Å². The molecule has 248 valence electrons. The Bertz CT molecular complexity index is 436. The first-order valence-electron chi connectivity index (χ1n) is 18.5. The van der Waals surface area contributed by atoms with Crippen molar-refractivity contribution >= 4 is 0 Å². The second-order valence-corrected chi connectivity index (χ2v) is 12.5. The third-order valence-corrected chi connectivity index (χ3v) is 8.39. The Morgan fingerprint density at radius 1 is 0.317 bits per heavy atom. The Labute approximate surface area is 258 Å². The third-order valence-electron chi connectivity index (χ3n) is 8.39. The SMILES string of the molecule is CCCCCCCCCCCCCCCCCCO[N+](=O)OCCCCCCCCCCCCCCCCCC.N. The molecule has 0 saturated heterocycles. The Kier molecular flexibility index (Phi) is 40.4. The highest BCUT2D eigenvalue weighted by molar-refractivity contribution is 4.51. The maximum Gasteiger partial charge on any atom is 0.477 e. The number of unbranched alkanes of at least 4 members (excludes halogenated alkanes) is 30. The normalized spacial score (nSPS) is 11.0. The summed E-state index contributed by atoms with van der Waals surface area (Å²) in [6.45, 7) is 5.52. The summed E-state index contributed by atoms with van der Waals surface area (Å²) in [5.41, 5.74) is 0. The molecule has 0 unspecified atom stereocenters. The van der Waals surface area contributed by atoms with Crippen LogP contribution in [0.3, 0.4) is 0 Å². The van der Waals surface area contributed by atoms with Gasteiger partial charge in [-0.2, -0.15) is 9.68 Å². The Morgan fingerprint density at radius 3 is 0.683 bits per heavy atom. The lowest BCUT2D eigenvalue weighted by molar-refractivity contribution is -0.981. The van der Waals surface area contributed by atoms with E-state index in [1.54, 1.807) is 0 Å². The summed E-state index contributed by atoms with van der Waals surface area (Å²) in [5.74, 6) is 0. The van der Waals surface area contributed by atoms with Crippen LogP contribution in [0.25, 0.3) is 0 Å². The molecule has 0 amide bonds. The van der Waals surface area contributed by atoms with E-state index >= 15 is 0 Å². The molecular weight excluding hydrogens is 508 g/mol. The van der Waals surface area contributed by atoms with Gasteiger partial charge in [0.15, 0.2) is 13.2 Å². The van der Waals surface area contributed by atoms with Crippen molar-refractivity contribution in [2.75, 3.05) is 13.2 Å². The molecule has 0 saturated carbocycles. The van der Waals surface area contributed by atoms with Crippen molar-refractivity contribution in [3.8, 4) is 0 Å². The van der Waals surface area contributed by atoms with Crippen molar-refractivity contribution in [1.29, 1.82) is 0 Å². The van der Waals surface area contributed by atoms with Crippen molar-refractivity contribution in [1.82, 2.24) is 6.15 Å². The fourth-order valence-electron chi connectivity index (χ4n) is 5.62. The Morgan fingerprint density at radius 2 is 0.488 bits per heavy atom. The lowest BCUT2D eigenvalue weighted by atomic mass is 10.0. The van der Waals surface area contributed by atoms with Crippen LogP contribution in [-0.2, 0) is 9.68 Å². The van der Waals surface area contributed by atoms with Gasteiger partial charge < -0.3 is 6.15 Å². The molecule has 5 nitrogen and oxygen atoms in total. The quantitative estimate of drug-likeness (QED) is 0.0586. The van der Waals surface area contributed by atoms with Gasteiger partial charge in [0, 0.05) is 0 Å². The summed E-state index contributed by atoms with van der Waals surface area (Å²) in [5, 5.41) is 0.344. The summed E-state index contributed by atoms with van der Waals surface area (Å²) in [7, 11) is 0. The molecular formula is C36H77N2O3+. The fraction of sp³-hybridized carbons (Fsp3) is 1.00. The van der Waals surface area contributed by atoms with Crippen LogP contribution >= 0.6 is 0 Å². The van der Waals surface area contributed by atoms with E-state index in [1.807, 2.05) is 0 Å². The molecule has 3 N–H and O–H groups in total. The molecule has 0 heterocycles. The van der Waals surface area contributed by atoms with Crippen molar-refractivity contribution < 1.29 is 14.8 Å². The van der Waals surface area contributed by atoms with Gasteiger partial charge in [-0.05, 0) is 25.7 Å². The van der Waals surface area contributed by atoms with Gasteiger partial charge in [0.05, 0.1) is 0 Å². The first kappa shape index (κ1) is 42.3. The second-order valence-electron chi connectivity index (χ2n) is 12.5. The van der Waals surface area contributed by atoms with Crippen LogP contribution in [0.2, 0.25) is 0 Å². The Balaban J connectivity index is 0. The van der Waals surface area contributed by atoms with Gasteiger partial charge in [-0.3, -0.25) is 0 Å². The van der Waals surface area contributed by atoms with E-state index in [0.29, 0.717) is 18.3 Å². The number of hydrogen-bond donors (Lipinski definition) is 1. The van der Waals surface area contributed by atoms with E-state index in [9.17, 15) is 4.91 Å². The summed E-state index contributed by atoms with van der Waals surface area (Å²) in [6.07, 6.45) is 43.2. The average molecular weight is 586 g/mol. The van der Waals surface area contributed by atoms with Crippen LogP contribution < -0.4 is 6.15 Å². The van der Waals surface area contributed by atoms with Crippen LogP contribution in [-0.4, -0.2) is 18.3 Å². The molecule has 0 spiro atoms. The molecule has 0 aliphatic rings. The predicted molar refractivity (Wildman–Crippen MR) is 180 cm³/mol. The number of rotatable bonds is 36. The van der Waals surface area contributed by atoms with Crippen molar-refractivity contribution in [2.45, 2.75) is 219 Å². The third kappa shape index (κ3) is 39.2. The monoisotopic (exact) mass is 586 g/mol. The molecule has 41 heavy (non-hydrogen) atoms. The van der Waals surface area contributed by atoms with Crippen LogP contribution in [0.4, 0.5) is 0 Å². The lowest BCUT2D eigenvalue weighted by Gasteiger charge is -2.03.